The highest BCUT2D eigenvalue weighted by molar-refractivity contribution is 6.02. The first kappa shape index (κ1) is 20.9. The van der Waals surface area contributed by atoms with E-state index in [0.717, 1.165) is 17.7 Å². The number of hydrogen-bond acceptors (Lipinski definition) is 3. The van der Waals surface area contributed by atoms with Gasteiger partial charge in [-0.15, -0.1) is 0 Å². The lowest BCUT2D eigenvalue weighted by atomic mass is 10.0. The van der Waals surface area contributed by atoms with E-state index in [-0.39, 0.29) is 11.8 Å². The minimum absolute atomic E-state index is 0.0187. The molecule has 1 saturated carbocycles. The van der Waals surface area contributed by atoms with Gasteiger partial charge in [-0.25, -0.2) is 0 Å². The lowest BCUT2D eigenvalue weighted by Crippen LogP contribution is -2.25. The van der Waals surface area contributed by atoms with E-state index in [4.69, 9.17) is 0 Å². The molecule has 1 fully saturated rings. The predicted octanol–water partition coefficient (Wildman–Crippen LogP) is 4.59. The quantitative estimate of drug-likeness (QED) is 0.689. The fourth-order valence-corrected chi connectivity index (χ4v) is 3.92. The number of nitrogens with one attached hydrogen (secondary N) is 2. The zero-order chi connectivity index (χ0) is 20.6. The molecule has 0 atom stereocenters. The zero-order valence-electron chi connectivity index (χ0n) is 17.4. The SMILES string of the molecule is CN(C)c1ccc(NC(=O)CCC2CCCC2)cc1C(=O)NCc1ccccc1. The van der Waals surface area contributed by atoms with E-state index in [1.807, 2.05) is 61.5 Å². The number of benzene rings is 2. The molecule has 2 aromatic carbocycles. The standard InChI is InChI=1S/C24H31N3O2/c1-27(2)22-14-13-20(26-23(28)15-12-18-8-6-7-9-18)16-21(22)24(29)25-17-19-10-4-3-5-11-19/h3-5,10-11,13-14,16,18H,6-9,12,15,17H2,1-2H3,(H,25,29)(H,26,28). The molecule has 0 radical (unpaired) electrons. The number of anilines is 2. The van der Waals surface area contributed by atoms with Crippen LogP contribution >= 0.6 is 0 Å². The summed E-state index contributed by atoms with van der Waals surface area (Å²) >= 11 is 0. The van der Waals surface area contributed by atoms with Gasteiger partial charge in [0.1, 0.15) is 0 Å². The molecule has 3 rings (SSSR count). The van der Waals surface area contributed by atoms with Gasteiger partial charge in [-0.3, -0.25) is 9.59 Å². The van der Waals surface area contributed by atoms with Crippen LogP contribution in [0, 0.1) is 5.92 Å². The molecule has 5 heteroatoms. The van der Waals surface area contributed by atoms with Gasteiger partial charge in [-0.2, -0.15) is 0 Å². The Morgan fingerprint density at radius 3 is 2.45 bits per heavy atom. The van der Waals surface area contributed by atoms with Crippen molar-refractivity contribution in [1.29, 1.82) is 0 Å². The predicted molar refractivity (Wildman–Crippen MR) is 118 cm³/mol. The van der Waals surface area contributed by atoms with Crippen molar-refractivity contribution in [1.82, 2.24) is 5.32 Å². The second-order valence-corrected chi connectivity index (χ2v) is 8.03. The van der Waals surface area contributed by atoms with Crippen molar-refractivity contribution in [2.45, 2.75) is 45.1 Å². The highest BCUT2D eigenvalue weighted by Crippen LogP contribution is 2.29. The Kier molecular flexibility index (Phi) is 7.28. The highest BCUT2D eigenvalue weighted by Gasteiger charge is 2.17. The van der Waals surface area contributed by atoms with Gasteiger partial charge in [-0.1, -0.05) is 56.0 Å². The molecule has 154 valence electrons. The maximum atomic E-state index is 12.8. The van der Waals surface area contributed by atoms with Crippen LogP contribution in [0.15, 0.2) is 48.5 Å². The minimum Gasteiger partial charge on any atom is -0.377 e. The lowest BCUT2D eigenvalue weighted by molar-refractivity contribution is -0.116. The molecule has 5 nitrogen and oxygen atoms in total. The van der Waals surface area contributed by atoms with Gasteiger partial charge in [-0.05, 0) is 36.1 Å². The first-order valence-corrected chi connectivity index (χ1v) is 10.5. The first-order valence-electron chi connectivity index (χ1n) is 10.5. The third kappa shape index (κ3) is 6.08. The average Bonchev–Trinajstić information content (AvgIpc) is 3.25. The van der Waals surface area contributed by atoms with Crippen molar-refractivity contribution in [3.05, 3.63) is 59.7 Å². The molecule has 0 saturated heterocycles. The van der Waals surface area contributed by atoms with Gasteiger partial charge in [0.05, 0.1) is 5.56 Å². The summed E-state index contributed by atoms with van der Waals surface area (Å²) in [6, 6.07) is 15.3. The summed E-state index contributed by atoms with van der Waals surface area (Å²) in [6.07, 6.45) is 6.56. The van der Waals surface area contributed by atoms with Crippen LogP contribution in [-0.2, 0) is 11.3 Å². The van der Waals surface area contributed by atoms with Crippen molar-refractivity contribution >= 4 is 23.2 Å². The summed E-state index contributed by atoms with van der Waals surface area (Å²) < 4.78 is 0. The van der Waals surface area contributed by atoms with Crippen molar-refractivity contribution in [3.63, 3.8) is 0 Å². The molecule has 0 aliphatic heterocycles. The maximum Gasteiger partial charge on any atom is 0.253 e. The molecule has 0 spiro atoms. The van der Waals surface area contributed by atoms with Gasteiger partial charge >= 0.3 is 0 Å². The van der Waals surface area contributed by atoms with Crippen molar-refractivity contribution in [2.24, 2.45) is 5.92 Å². The zero-order valence-corrected chi connectivity index (χ0v) is 17.4. The molecule has 1 aliphatic rings. The Balaban J connectivity index is 1.64. The Labute approximate surface area is 173 Å². The summed E-state index contributed by atoms with van der Waals surface area (Å²) in [5.41, 5.74) is 3.08. The molecule has 2 aromatic rings. The number of amides is 2. The van der Waals surface area contributed by atoms with Crippen LogP contribution in [0.5, 0.6) is 0 Å². The van der Waals surface area contributed by atoms with E-state index in [9.17, 15) is 9.59 Å². The van der Waals surface area contributed by atoms with Crippen molar-refractivity contribution in [2.75, 3.05) is 24.3 Å². The molecule has 0 aromatic heterocycles. The second kappa shape index (κ2) is 10.1. The van der Waals surface area contributed by atoms with E-state index >= 15 is 0 Å². The largest absolute Gasteiger partial charge is 0.377 e. The van der Waals surface area contributed by atoms with E-state index in [1.54, 1.807) is 6.07 Å². The van der Waals surface area contributed by atoms with Crippen LogP contribution in [0.3, 0.4) is 0 Å². The molecule has 2 amide bonds. The van der Waals surface area contributed by atoms with Crippen LogP contribution < -0.4 is 15.5 Å². The monoisotopic (exact) mass is 393 g/mol. The summed E-state index contributed by atoms with van der Waals surface area (Å²) in [7, 11) is 3.81. The molecule has 0 bridgehead atoms. The van der Waals surface area contributed by atoms with E-state index in [0.29, 0.717) is 30.1 Å². The molecular weight excluding hydrogens is 362 g/mol. The summed E-state index contributed by atoms with van der Waals surface area (Å²) in [5, 5.41) is 5.94. The number of carbonyl (C=O) groups is 2. The summed E-state index contributed by atoms with van der Waals surface area (Å²) in [6.45, 7) is 0.463. The van der Waals surface area contributed by atoms with E-state index < -0.39 is 0 Å². The topological polar surface area (TPSA) is 61.4 Å². The van der Waals surface area contributed by atoms with Gasteiger partial charge in [0.2, 0.25) is 5.91 Å². The van der Waals surface area contributed by atoms with E-state index in [2.05, 4.69) is 10.6 Å². The molecule has 0 unspecified atom stereocenters. The molecular formula is C24H31N3O2. The number of carbonyl (C=O) groups excluding carboxylic acids is 2. The van der Waals surface area contributed by atoms with Crippen molar-refractivity contribution < 1.29 is 9.59 Å². The Hall–Kier alpha value is -2.82. The maximum absolute atomic E-state index is 12.8. The lowest BCUT2D eigenvalue weighted by Gasteiger charge is -2.19. The Bertz CT molecular complexity index is 827. The third-order valence-corrected chi connectivity index (χ3v) is 5.56. The van der Waals surface area contributed by atoms with Crippen molar-refractivity contribution in [3.8, 4) is 0 Å². The van der Waals surface area contributed by atoms with Crippen LogP contribution in [0.2, 0.25) is 0 Å². The van der Waals surface area contributed by atoms with Crippen LogP contribution in [0.1, 0.15) is 54.4 Å². The Morgan fingerprint density at radius 2 is 1.76 bits per heavy atom. The van der Waals surface area contributed by atoms with Gasteiger partial charge < -0.3 is 15.5 Å². The van der Waals surface area contributed by atoms with Crippen LogP contribution in [0.4, 0.5) is 11.4 Å². The minimum atomic E-state index is -0.153. The number of rotatable bonds is 8. The normalized spacial score (nSPS) is 13.9. The Morgan fingerprint density at radius 1 is 1.03 bits per heavy atom. The smallest absolute Gasteiger partial charge is 0.253 e. The molecule has 29 heavy (non-hydrogen) atoms. The average molecular weight is 394 g/mol. The molecule has 2 N–H and O–H groups in total. The summed E-state index contributed by atoms with van der Waals surface area (Å²) in [4.78, 5) is 27.1. The first-order chi connectivity index (χ1) is 14.0. The fourth-order valence-electron chi connectivity index (χ4n) is 3.92. The van der Waals surface area contributed by atoms with Gasteiger partial charge in [0, 0.05) is 38.4 Å². The third-order valence-electron chi connectivity index (χ3n) is 5.56. The fraction of sp³-hybridized carbons (Fsp3) is 0.417. The van der Waals surface area contributed by atoms with E-state index in [1.165, 1.54) is 25.7 Å². The summed E-state index contributed by atoms with van der Waals surface area (Å²) in [5.74, 6) is 0.556. The van der Waals surface area contributed by atoms with Crippen LogP contribution in [-0.4, -0.2) is 25.9 Å². The second-order valence-electron chi connectivity index (χ2n) is 8.03. The van der Waals surface area contributed by atoms with Gasteiger partial charge in [0.15, 0.2) is 0 Å². The van der Waals surface area contributed by atoms with Crippen LogP contribution in [0.25, 0.3) is 0 Å². The highest BCUT2D eigenvalue weighted by atomic mass is 16.2. The molecule has 1 aliphatic carbocycles. The van der Waals surface area contributed by atoms with Gasteiger partial charge in [0.25, 0.3) is 5.91 Å². The number of hydrogen-bond donors (Lipinski definition) is 2. The number of nitrogens with zero attached hydrogens (tertiary/aromatic N) is 1. The molecule has 0 heterocycles.